The summed E-state index contributed by atoms with van der Waals surface area (Å²) in [4.78, 5) is 11.5. The molecule has 0 bridgehead atoms. The van der Waals surface area contributed by atoms with Crippen LogP contribution in [0.4, 0.5) is 8.78 Å². The van der Waals surface area contributed by atoms with Crippen molar-refractivity contribution >= 4 is 0 Å². The van der Waals surface area contributed by atoms with Gasteiger partial charge in [-0.15, -0.1) is 0 Å². The molecule has 112 valence electrons. The minimum atomic E-state index is -0.765. The summed E-state index contributed by atoms with van der Waals surface area (Å²) in [7, 11) is 0. The molecule has 0 atom stereocenters. The Morgan fingerprint density at radius 3 is 2.52 bits per heavy atom. The molecule has 4 nitrogen and oxygen atoms in total. The van der Waals surface area contributed by atoms with Crippen LogP contribution in [0.3, 0.4) is 0 Å². The number of nitrogens with zero attached hydrogens (tertiary/aromatic N) is 1. The molecule has 0 saturated carbocycles. The molecule has 0 radical (unpaired) electrons. The fourth-order valence-electron chi connectivity index (χ4n) is 1.95. The zero-order valence-electron chi connectivity index (χ0n) is 11.4. The zero-order valence-corrected chi connectivity index (χ0v) is 11.4. The molecule has 0 unspecified atom stereocenters. The lowest BCUT2D eigenvalue weighted by atomic mass is 10.1. The van der Waals surface area contributed by atoms with Crippen LogP contribution in [0, 0.1) is 11.6 Å². The smallest absolute Gasteiger partial charge is 0.250 e. The standard InChI is InChI=1S/C15H16F2N2O2/c16-12-9-11(4-5-18)10-13(17)15(12)21-8-7-19-6-2-1-3-14(19)20/h1-3,6,9-10H,4-5,7-8,18H2. The largest absolute Gasteiger partial charge is 0.486 e. The van der Waals surface area contributed by atoms with Gasteiger partial charge in [0.05, 0.1) is 6.54 Å². The van der Waals surface area contributed by atoms with Gasteiger partial charge >= 0.3 is 0 Å². The highest BCUT2D eigenvalue weighted by Gasteiger charge is 2.12. The third kappa shape index (κ3) is 3.88. The molecule has 0 aliphatic rings. The van der Waals surface area contributed by atoms with Crippen molar-refractivity contribution in [1.29, 1.82) is 0 Å². The molecule has 1 aromatic heterocycles. The Morgan fingerprint density at radius 2 is 1.90 bits per heavy atom. The number of ether oxygens (including phenoxy) is 1. The van der Waals surface area contributed by atoms with E-state index in [0.717, 1.165) is 0 Å². The number of pyridine rings is 1. The summed E-state index contributed by atoms with van der Waals surface area (Å²) in [6.45, 7) is 0.521. The highest BCUT2D eigenvalue weighted by Crippen LogP contribution is 2.23. The number of nitrogens with two attached hydrogens (primary N) is 1. The predicted molar refractivity (Wildman–Crippen MR) is 75.3 cm³/mol. The molecule has 2 rings (SSSR count). The molecule has 2 N–H and O–H groups in total. The second-order valence-corrected chi connectivity index (χ2v) is 4.51. The summed E-state index contributed by atoms with van der Waals surface area (Å²) < 4.78 is 34.1. The van der Waals surface area contributed by atoms with Crippen molar-refractivity contribution < 1.29 is 13.5 Å². The van der Waals surface area contributed by atoms with Gasteiger partial charge in [0.15, 0.2) is 17.4 Å². The van der Waals surface area contributed by atoms with Crippen LogP contribution in [0.25, 0.3) is 0 Å². The molecule has 2 aromatic rings. The van der Waals surface area contributed by atoms with Gasteiger partial charge in [0.1, 0.15) is 6.61 Å². The van der Waals surface area contributed by atoms with E-state index in [-0.39, 0.29) is 18.7 Å². The van der Waals surface area contributed by atoms with Gasteiger partial charge in [-0.05, 0) is 36.7 Å². The maximum Gasteiger partial charge on any atom is 0.250 e. The quantitative estimate of drug-likeness (QED) is 0.882. The van der Waals surface area contributed by atoms with Crippen LogP contribution in [0.15, 0.2) is 41.3 Å². The van der Waals surface area contributed by atoms with Gasteiger partial charge < -0.3 is 15.0 Å². The van der Waals surface area contributed by atoms with Crippen molar-refractivity contribution in [3.8, 4) is 5.75 Å². The van der Waals surface area contributed by atoms with Gasteiger partial charge in [-0.25, -0.2) is 8.78 Å². The summed E-state index contributed by atoms with van der Waals surface area (Å²) >= 11 is 0. The number of hydrogen-bond acceptors (Lipinski definition) is 3. The highest BCUT2D eigenvalue weighted by atomic mass is 19.1. The Kier molecular flexibility index (Phi) is 5.05. The summed E-state index contributed by atoms with van der Waals surface area (Å²) in [5.41, 5.74) is 5.64. The molecule has 1 heterocycles. The van der Waals surface area contributed by atoms with Crippen molar-refractivity contribution in [2.45, 2.75) is 13.0 Å². The van der Waals surface area contributed by atoms with Crippen molar-refractivity contribution in [2.75, 3.05) is 13.2 Å². The summed E-state index contributed by atoms with van der Waals surface area (Å²) in [6.07, 6.45) is 1.98. The average Bonchev–Trinajstić information content (AvgIpc) is 2.44. The van der Waals surface area contributed by atoms with E-state index >= 15 is 0 Å². The minimum absolute atomic E-state index is 0.00596. The summed E-state index contributed by atoms with van der Waals surface area (Å²) in [5, 5.41) is 0. The second-order valence-electron chi connectivity index (χ2n) is 4.51. The number of benzene rings is 1. The molecule has 0 aliphatic carbocycles. The second kappa shape index (κ2) is 6.99. The van der Waals surface area contributed by atoms with Crippen LogP contribution in [0.1, 0.15) is 5.56 Å². The number of halogens is 2. The average molecular weight is 294 g/mol. The Hall–Kier alpha value is -2.21. The van der Waals surface area contributed by atoms with Crippen LogP contribution >= 0.6 is 0 Å². The monoisotopic (exact) mass is 294 g/mol. The normalized spacial score (nSPS) is 10.6. The molecule has 0 amide bonds. The lowest BCUT2D eigenvalue weighted by Gasteiger charge is -2.11. The molecular formula is C15H16F2N2O2. The third-order valence-electron chi connectivity index (χ3n) is 2.97. The van der Waals surface area contributed by atoms with Gasteiger partial charge in [-0.1, -0.05) is 6.07 Å². The summed E-state index contributed by atoms with van der Waals surface area (Å²) in [6, 6.07) is 7.14. The fourth-order valence-corrected chi connectivity index (χ4v) is 1.95. The first kappa shape index (κ1) is 15.2. The van der Waals surface area contributed by atoms with Gasteiger partial charge in [0, 0.05) is 12.3 Å². The van der Waals surface area contributed by atoms with Crippen LogP contribution in [0.2, 0.25) is 0 Å². The topological polar surface area (TPSA) is 57.2 Å². The maximum atomic E-state index is 13.8. The van der Waals surface area contributed by atoms with Gasteiger partial charge in [0.2, 0.25) is 0 Å². The molecule has 0 spiro atoms. The van der Waals surface area contributed by atoms with E-state index in [9.17, 15) is 13.6 Å². The van der Waals surface area contributed by atoms with E-state index in [1.165, 1.54) is 22.8 Å². The molecule has 1 aromatic carbocycles. The molecular weight excluding hydrogens is 278 g/mol. The first-order chi connectivity index (χ1) is 10.1. The first-order valence-corrected chi connectivity index (χ1v) is 6.58. The number of rotatable bonds is 6. The van der Waals surface area contributed by atoms with E-state index in [4.69, 9.17) is 10.5 Å². The van der Waals surface area contributed by atoms with Crippen molar-refractivity contribution in [1.82, 2.24) is 4.57 Å². The van der Waals surface area contributed by atoms with E-state index < -0.39 is 17.4 Å². The molecule has 21 heavy (non-hydrogen) atoms. The van der Waals surface area contributed by atoms with E-state index in [1.807, 2.05) is 0 Å². The maximum absolute atomic E-state index is 13.8. The fraction of sp³-hybridized carbons (Fsp3) is 0.267. The van der Waals surface area contributed by atoms with Gasteiger partial charge in [-0.2, -0.15) is 0 Å². The lowest BCUT2D eigenvalue weighted by Crippen LogP contribution is -2.21. The predicted octanol–water partition coefficient (Wildman–Crippen LogP) is 1.71. The van der Waals surface area contributed by atoms with Crippen LogP contribution in [0.5, 0.6) is 5.75 Å². The highest BCUT2D eigenvalue weighted by molar-refractivity contribution is 5.31. The molecule has 6 heteroatoms. The van der Waals surface area contributed by atoms with Crippen molar-refractivity contribution in [2.24, 2.45) is 5.73 Å². The zero-order chi connectivity index (χ0) is 15.2. The Balaban J connectivity index is 2.03. The Bertz CT molecular complexity index is 648. The summed E-state index contributed by atoms with van der Waals surface area (Å²) in [5.74, 6) is -1.96. The van der Waals surface area contributed by atoms with Crippen LogP contribution < -0.4 is 16.0 Å². The number of aromatic nitrogens is 1. The Labute approximate surface area is 120 Å². The van der Waals surface area contributed by atoms with Crippen LogP contribution in [-0.2, 0) is 13.0 Å². The van der Waals surface area contributed by atoms with Gasteiger partial charge in [0.25, 0.3) is 5.56 Å². The SMILES string of the molecule is NCCc1cc(F)c(OCCn2ccccc2=O)c(F)c1. The lowest BCUT2D eigenvalue weighted by molar-refractivity contribution is 0.268. The van der Waals surface area contributed by atoms with E-state index in [0.29, 0.717) is 18.5 Å². The third-order valence-corrected chi connectivity index (χ3v) is 2.97. The molecule has 0 saturated heterocycles. The van der Waals surface area contributed by atoms with E-state index in [2.05, 4.69) is 0 Å². The molecule has 0 fully saturated rings. The Morgan fingerprint density at radius 1 is 1.19 bits per heavy atom. The minimum Gasteiger partial charge on any atom is -0.486 e. The van der Waals surface area contributed by atoms with Crippen molar-refractivity contribution in [3.05, 3.63) is 64.1 Å². The number of hydrogen-bond donors (Lipinski definition) is 1. The first-order valence-electron chi connectivity index (χ1n) is 6.58. The molecule has 0 aliphatic heterocycles. The van der Waals surface area contributed by atoms with Gasteiger partial charge in [-0.3, -0.25) is 4.79 Å². The van der Waals surface area contributed by atoms with Crippen molar-refractivity contribution in [3.63, 3.8) is 0 Å². The van der Waals surface area contributed by atoms with Crippen LogP contribution in [-0.4, -0.2) is 17.7 Å². The van der Waals surface area contributed by atoms with E-state index in [1.54, 1.807) is 18.3 Å².